The summed E-state index contributed by atoms with van der Waals surface area (Å²) >= 11 is 0. The molecule has 0 spiro atoms. The zero-order valence-electron chi connectivity index (χ0n) is 28.4. The summed E-state index contributed by atoms with van der Waals surface area (Å²) in [5, 5.41) is 18.5. The summed E-state index contributed by atoms with van der Waals surface area (Å²) < 4.78 is 20.0. The number of ether oxygens (including phenoxy) is 4. The van der Waals surface area contributed by atoms with Crippen molar-refractivity contribution in [1.82, 2.24) is 0 Å². The number of fused-ring (bicyclic) bond motifs is 4. The summed E-state index contributed by atoms with van der Waals surface area (Å²) in [5.74, 6) is -9.32. The lowest BCUT2D eigenvalue weighted by Gasteiger charge is -2.21. The second-order valence-corrected chi connectivity index (χ2v) is 11.5. The van der Waals surface area contributed by atoms with Gasteiger partial charge in [0.2, 0.25) is 11.6 Å². The molecule has 0 aromatic heterocycles. The van der Waals surface area contributed by atoms with Crippen LogP contribution >= 0.6 is 0 Å². The maximum Gasteiger partial charge on any atom is 0.335 e. The van der Waals surface area contributed by atoms with E-state index in [1.54, 1.807) is 0 Å². The molecule has 0 saturated carbocycles. The molecule has 0 radical (unpaired) electrons. The van der Waals surface area contributed by atoms with Crippen molar-refractivity contribution in [2.24, 2.45) is 0 Å². The fourth-order valence-corrected chi connectivity index (χ4v) is 5.70. The number of hydrogen-bond donors (Lipinski definition) is 2. The molecule has 0 unspecified atom stereocenters. The van der Waals surface area contributed by atoms with Crippen LogP contribution in [0.5, 0.6) is 23.0 Å². The van der Waals surface area contributed by atoms with Crippen LogP contribution in [0, 0.1) is 0 Å². The highest BCUT2D eigenvalue weighted by Crippen LogP contribution is 2.40. The molecule has 0 saturated heterocycles. The van der Waals surface area contributed by atoms with E-state index in [0.717, 1.165) is 52.0 Å². The first kappa shape index (κ1) is 37.6. The highest BCUT2D eigenvalue weighted by atomic mass is 16.5. The van der Waals surface area contributed by atoms with Crippen molar-refractivity contribution in [3.63, 3.8) is 0 Å². The Morgan fingerprint density at radius 1 is 0.407 bits per heavy atom. The van der Waals surface area contributed by atoms with E-state index in [9.17, 15) is 58.2 Å². The second kappa shape index (κ2) is 14.5. The van der Waals surface area contributed by atoms with E-state index in [0.29, 0.717) is 0 Å². The second-order valence-electron chi connectivity index (χ2n) is 11.5. The number of rotatable bonds is 6. The van der Waals surface area contributed by atoms with E-state index in [1.165, 1.54) is 36.4 Å². The van der Waals surface area contributed by atoms with Gasteiger partial charge in [-0.3, -0.25) is 38.4 Å². The Bertz CT molecular complexity index is 2260. The quantitative estimate of drug-likeness (QED) is 0.181. The SMILES string of the molecule is CC(=O)Oc1cccc2c1C(=O)c1c(OC(C)=O)cc(C(=O)O)cc1C2=O.CC(=O)Oc1cccc2c1C(=O)c1c(OC(C)=O)cc(C(=O)O)cc1C2=O. The highest BCUT2D eigenvalue weighted by molar-refractivity contribution is 6.32. The monoisotopic (exact) mass is 736 g/mol. The Balaban J connectivity index is 0.000000208. The molecule has 0 fully saturated rings. The van der Waals surface area contributed by atoms with E-state index < -0.39 is 58.9 Å². The summed E-state index contributed by atoms with van der Waals surface area (Å²) in [4.78, 5) is 120. The number of esters is 4. The van der Waals surface area contributed by atoms with E-state index in [4.69, 9.17) is 18.9 Å². The standard InChI is InChI=1S/2C19H12O8/c2*1-8(20)26-13-5-3-4-11-15(13)18(23)16-12(17(11)22)6-10(19(24)25)7-14(16)27-9(2)21/h2*3-7H,1-2H3,(H,24,25). The Hall–Kier alpha value is -7.62. The normalized spacial score (nSPS) is 12.1. The van der Waals surface area contributed by atoms with Gasteiger partial charge in [-0.05, 0) is 36.4 Å². The fourth-order valence-electron chi connectivity index (χ4n) is 5.70. The summed E-state index contributed by atoms with van der Waals surface area (Å²) in [6.07, 6.45) is 0. The molecule has 0 heterocycles. The first-order valence-corrected chi connectivity index (χ1v) is 15.4. The smallest absolute Gasteiger partial charge is 0.335 e. The Morgan fingerprint density at radius 3 is 1.00 bits per heavy atom. The van der Waals surface area contributed by atoms with E-state index in [-0.39, 0.29) is 78.6 Å². The molecule has 0 bridgehead atoms. The first-order valence-electron chi connectivity index (χ1n) is 15.4. The molecule has 2 aliphatic carbocycles. The lowest BCUT2D eigenvalue weighted by molar-refractivity contribution is -0.132. The third-order valence-electron chi connectivity index (χ3n) is 7.65. The molecule has 4 aromatic rings. The number of ketones is 4. The van der Waals surface area contributed by atoms with E-state index in [2.05, 4.69) is 0 Å². The maximum absolute atomic E-state index is 13.1. The number of carbonyl (C=O) groups is 10. The number of benzene rings is 4. The van der Waals surface area contributed by atoms with Crippen molar-refractivity contribution < 1.29 is 77.1 Å². The minimum absolute atomic E-state index is 0.0393. The van der Waals surface area contributed by atoms with Gasteiger partial charge in [0.05, 0.1) is 33.4 Å². The van der Waals surface area contributed by atoms with Gasteiger partial charge < -0.3 is 29.2 Å². The van der Waals surface area contributed by atoms with Crippen LogP contribution in [0.4, 0.5) is 0 Å². The summed E-state index contributed by atoms with van der Waals surface area (Å²) in [7, 11) is 0. The predicted molar refractivity (Wildman–Crippen MR) is 179 cm³/mol. The van der Waals surface area contributed by atoms with Crippen molar-refractivity contribution in [3.8, 4) is 23.0 Å². The van der Waals surface area contributed by atoms with Gasteiger partial charge in [0.15, 0.2) is 11.6 Å². The zero-order valence-corrected chi connectivity index (χ0v) is 28.4. The molecule has 16 nitrogen and oxygen atoms in total. The topological polar surface area (TPSA) is 248 Å². The molecule has 4 aromatic carbocycles. The van der Waals surface area contributed by atoms with Crippen LogP contribution in [0.2, 0.25) is 0 Å². The molecule has 272 valence electrons. The summed E-state index contributed by atoms with van der Waals surface area (Å²) in [6, 6.07) is 12.4. The molecule has 2 aliphatic rings. The van der Waals surface area contributed by atoms with Crippen molar-refractivity contribution in [1.29, 1.82) is 0 Å². The molecule has 6 rings (SSSR count). The van der Waals surface area contributed by atoms with Crippen LogP contribution in [0.1, 0.15) is 112 Å². The molecule has 2 N–H and O–H groups in total. The molecular formula is C38H24O16. The molecule has 0 amide bonds. The zero-order chi connectivity index (χ0) is 39.8. The Morgan fingerprint density at radius 2 is 0.704 bits per heavy atom. The Kier molecular flexibility index (Phi) is 10.1. The van der Waals surface area contributed by atoms with Crippen LogP contribution in [0.25, 0.3) is 0 Å². The fraction of sp³-hybridized carbons (Fsp3) is 0.105. The largest absolute Gasteiger partial charge is 0.478 e. The number of carboxylic acids is 2. The number of carbonyl (C=O) groups excluding carboxylic acids is 8. The third kappa shape index (κ3) is 7.11. The van der Waals surface area contributed by atoms with Crippen LogP contribution in [0.3, 0.4) is 0 Å². The first-order chi connectivity index (χ1) is 25.4. The number of carboxylic acid groups (broad SMARTS) is 2. The van der Waals surface area contributed by atoms with Gasteiger partial charge in [-0.1, -0.05) is 24.3 Å². The van der Waals surface area contributed by atoms with Crippen LogP contribution < -0.4 is 18.9 Å². The number of aromatic carboxylic acids is 2. The Labute approximate surface area is 302 Å². The molecule has 16 heteroatoms. The average molecular weight is 737 g/mol. The lowest BCUT2D eigenvalue weighted by atomic mass is 9.82. The predicted octanol–water partition coefficient (Wildman–Crippen LogP) is 4.02. The molecule has 0 atom stereocenters. The van der Waals surface area contributed by atoms with Crippen LogP contribution in [-0.2, 0) is 19.2 Å². The highest BCUT2D eigenvalue weighted by Gasteiger charge is 2.38. The molecule has 54 heavy (non-hydrogen) atoms. The van der Waals surface area contributed by atoms with Crippen molar-refractivity contribution in [3.05, 3.63) is 116 Å². The summed E-state index contributed by atoms with van der Waals surface area (Å²) in [6.45, 7) is 4.44. The summed E-state index contributed by atoms with van der Waals surface area (Å²) in [5.41, 5.74) is -1.93. The molecule has 0 aliphatic heterocycles. The minimum Gasteiger partial charge on any atom is -0.478 e. The number of hydrogen-bond acceptors (Lipinski definition) is 14. The van der Waals surface area contributed by atoms with Gasteiger partial charge >= 0.3 is 35.8 Å². The van der Waals surface area contributed by atoms with Crippen molar-refractivity contribution in [2.75, 3.05) is 0 Å². The third-order valence-corrected chi connectivity index (χ3v) is 7.65. The van der Waals surface area contributed by atoms with Gasteiger partial charge in [0, 0.05) is 49.9 Å². The van der Waals surface area contributed by atoms with Gasteiger partial charge in [0.25, 0.3) is 0 Å². The van der Waals surface area contributed by atoms with Crippen molar-refractivity contribution >= 4 is 58.9 Å². The lowest BCUT2D eigenvalue weighted by Crippen LogP contribution is -2.24. The molecular weight excluding hydrogens is 712 g/mol. The maximum atomic E-state index is 13.1. The van der Waals surface area contributed by atoms with Gasteiger partial charge in [-0.25, -0.2) is 9.59 Å². The van der Waals surface area contributed by atoms with Crippen molar-refractivity contribution in [2.45, 2.75) is 27.7 Å². The van der Waals surface area contributed by atoms with E-state index in [1.807, 2.05) is 0 Å². The van der Waals surface area contributed by atoms with Gasteiger partial charge in [0.1, 0.15) is 23.0 Å². The van der Waals surface area contributed by atoms with E-state index >= 15 is 0 Å². The van der Waals surface area contributed by atoms with Crippen LogP contribution in [-0.4, -0.2) is 69.2 Å². The minimum atomic E-state index is -1.36. The van der Waals surface area contributed by atoms with Gasteiger partial charge in [-0.15, -0.1) is 0 Å². The van der Waals surface area contributed by atoms with Crippen LogP contribution in [0.15, 0.2) is 60.7 Å². The average Bonchev–Trinajstić information content (AvgIpc) is 3.08. The van der Waals surface area contributed by atoms with Gasteiger partial charge in [-0.2, -0.15) is 0 Å².